The fourth-order valence-corrected chi connectivity index (χ4v) is 3.43. The Balaban J connectivity index is 0.00000128. The van der Waals surface area contributed by atoms with Crippen molar-refractivity contribution < 1.29 is 87.5 Å². The third-order valence-electron chi connectivity index (χ3n) is 4.81. The van der Waals surface area contributed by atoms with E-state index in [1.807, 2.05) is 54.7 Å². The minimum atomic E-state index is -0.207. The van der Waals surface area contributed by atoms with Gasteiger partial charge in [-0.3, -0.25) is 0 Å². The first kappa shape index (κ1) is 28.6. The second-order valence-electron chi connectivity index (χ2n) is 6.46. The molecule has 7 nitrogen and oxygen atoms in total. The zero-order valence-corrected chi connectivity index (χ0v) is 22.5. The van der Waals surface area contributed by atoms with Gasteiger partial charge in [-0.05, 0) is 36.4 Å². The number of hydrogen-bond acceptors (Lipinski definition) is 7. The number of fused-ring (bicyclic) bond motifs is 2. The van der Waals surface area contributed by atoms with E-state index >= 15 is 0 Å². The minimum absolute atomic E-state index is 0. The van der Waals surface area contributed by atoms with Crippen molar-refractivity contribution in [2.75, 3.05) is 14.2 Å². The molecule has 1 aromatic rings. The van der Waals surface area contributed by atoms with Gasteiger partial charge in [0, 0.05) is 0 Å². The number of rotatable bonds is 4. The summed E-state index contributed by atoms with van der Waals surface area (Å²) in [7, 11) is 3.28. The van der Waals surface area contributed by atoms with Crippen LogP contribution in [0.5, 0.6) is 0 Å². The predicted molar refractivity (Wildman–Crippen MR) is 108 cm³/mol. The molecule has 2 atom stereocenters. The van der Waals surface area contributed by atoms with Crippen LogP contribution < -0.4 is 37.2 Å². The monoisotopic (exact) mass is 618 g/mol. The van der Waals surface area contributed by atoms with Crippen LogP contribution in [-0.4, -0.2) is 54.4 Å². The molecule has 0 saturated heterocycles. The average molecular weight is 622 g/mol. The molecule has 0 fully saturated rings. The Labute approximate surface area is 237 Å². The van der Waals surface area contributed by atoms with E-state index in [2.05, 4.69) is 20.0 Å². The Hall–Kier alpha value is -1.39. The number of aliphatic imine (C=N–C) groups is 4. The number of aromatic nitrogens is 1. The van der Waals surface area contributed by atoms with Gasteiger partial charge in [0.2, 0.25) is 0 Å². The van der Waals surface area contributed by atoms with Crippen LogP contribution in [0.2, 0.25) is 0 Å². The maximum Gasteiger partial charge on any atom is 3.00 e. The van der Waals surface area contributed by atoms with E-state index in [1.165, 1.54) is 0 Å². The molecule has 32 heavy (non-hydrogen) atoms. The van der Waals surface area contributed by atoms with Gasteiger partial charge in [-0.25, -0.2) is 25.0 Å². The summed E-state index contributed by atoms with van der Waals surface area (Å²) >= 11 is 0. The number of nitrogens with zero attached hydrogens (tertiary/aromatic N) is 5. The van der Waals surface area contributed by atoms with E-state index in [1.54, 1.807) is 14.2 Å². The quantitative estimate of drug-likeness (QED) is 0.336. The van der Waals surface area contributed by atoms with Gasteiger partial charge in [0.1, 0.15) is 22.9 Å². The Bertz CT molecular complexity index is 1040. The first-order valence-corrected chi connectivity index (χ1v) is 8.92. The van der Waals surface area contributed by atoms with Crippen molar-refractivity contribution in [2.24, 2.45) is 20.0 Å². The van der Waals surface area contributed by atoms with Crippen LogP contribution >= 0.6 is 0 Å². The molecule has 0 bridgehead atoms. The smallest absolute Gasteiger partial charge is 1.00 e. The summed E-state index contributed by atoms with van der Waals surface area (Å²) in [5.41, 5.74) is 3.07. The topological polar surface area (TPSA) is 80.8 Å². The maximum atomic E-state index is 5.41. The number of ether oxygens (including phenoxy) is 2. The average Bonchev–Trinajstić information content (AvgIpc) is 3.37. The molecule has 0 spiro atoms. The largest absolute Gasteiger partial charge is 3.00 e. The maximum absolute atomic E-state index is 5.41. The van der Waals surface area contributed by atoms with E-state index in [0.717, 1.165) is 22.9 Å². The van der Waals surface area contributed by atoms with Crippen molar-refractivity contribution in [2.45, 2.75) is 12.1 Å². The van der Waals surface area contributed by atoms with Crippen LogP contribution in [-0.2, 0) is 9.47 Å². The van der Waals surface area contributed by atoms with E-state index in [0.29, 0.717) is 23.1 Å². The molecule has 2 unspecified atom stereocenters. The van der Waals surface area contributed by atoms with Gasteiger partial charge in [0.25, 0.3) is 0 Å². The summed E-state index contributed by atoms with van der Waals surface area (Å²) < 4.78 is 10.8. The Morgan fingerprint density at radius 3 is 1.56 bits per heavy atom. The summed E-state index contributed by atoms with van der Waals surface area (Å²) in [6.07, 6.45) is 11.5. The molecular weight excluding hydrogens is 605 g/mol. The van der Waals surface area contributed by atoms with Crippen molar-refractivity contribution in [3.63, 3.8) is 0 Å². The number of amidine groups is 2. The van der Waals surface area contributed by atoms with Crippen LogP contribution in [0.15, 0.2) is 86.1 Å². The van der Waals surface area contributed by atoms with Crippen molar-refractivity contribution in [1.29, 1.82) is 0 Å². The number of allylic oxidation sites excluding steroid dienone is 4. The summed E-state index contributed by atoms with van der Waals surface area (Å²) in [6.45, 7) is 0. The van der Waals surface area contributed by atoms with Crippen LogP contribution in [0.4, 0.5) is 0 Å². The number of pyridine rings is 1. The standard InChI is InChI=1S/C21H17N5O2.3ClH.Nd/c1-27-16-10-4-6-12-18(16)25-20(23-12)14-8-3-9-15(22-14)21-24-13-7-5-11-17(28-2)19(13)26-21;;;;/h3-11,18-19H,1-2H3;3*1H;/q;;;;+3/p-3. The van der Waals surface area contributed by atoms with E-state index in [-0.39, 0.29) is 90.1 Å². The van der Waals surface area contributed by atoms with E-state index < -0.39 is 0 Å². The molecule has 0 saturated carbocycles. The molecule has 0 amide bonds. The minimum Gasteiger partial charge on any atom is -1.00 e. The van der Waals surface area contributed by atoms with Gasteiger partial charge in [-0.15, -0.1) is 0 Å². The summed E-state index contributed by atoms with van der Waals surface area (Å²) in [5, 5.41) is 0. The molecule has 163 valence electrons. The predicted octanol–water partition coefficient (Wildman–Crippen LogP) is -6.57. The molecule has 0 N–H and O–H groups in total. The van der Waals surface area contributed by atoms with Gasteiger partial charge in [-0.1, -0.05) is 18.2 Å². The van der Waals surface area contributed by atoms with Gasteiger partial charge in [0.15, 0.2) is 23.8 Å². The molecule has 3 heterocycles. The van der Waals surface area contributed by atoms with Crippen molar-refractivity contribution in [3.8, 4) is 0 Å². The van der Waals surface area contributed by atoms with Crippen LogP contribution in [0, 0.1) is 40.8 Å². The van der Waals surface area contributed by atoms with Gasteiger partial charge < -0.3 is 46.7 Å². The molecular formula is C21H17Cl3N5NdO2. The summed E-state index contributed by atoms with van der Waals surface area (Å²) in [5.74, 6) is 2.71. The van der Waals surface area contributed by atoms with Crippen molar-refractivity contribution >= 4 is 23.1 Å². The second kappa shape index (κ2) is 12.2. The van der Waals surface area contributed by atoms with Gasteiger partial charge in [-0.2, -0.15) is 0 Å². The summed E-state index contributed by atoms with van der Waals surface area (Å²) in [6, 6.07) is 5.28. The third kappa shape index (κ3) is 5.22. The first-order valence-electron chi connectivity index (χ1n) is 8.92. The normalized spacial score (nSPS) is 21.3. The fourth-order valence-electron chi connectivity index (χ4n) is 3.43. The zero-order valence-electron chi connectivity index (χ0n) is 17.0. The third-order valence-corrected chi connectivity index (χ3v) is 4.81. The Morgan fingerprint density at radius 2 is 1.16 bits per heavy atom. The molecule has 2 aliphatic heterocycles. The molecule has 11 heteroatoms. The van der Waals surface area contributed by atoms with Crippen molar-refractivity contribution in [3.05, 3.63) is 77.6 Å². The molecule has 4 aliphatic rings. The first-order chi connectivity index (χ1) is 13.8. The van der Waals surface area contributed by atoms with Crippen LogP contribution in [0.25, 0.3) is 0 Å². The molecule has 1 radical (unpaired) electrons. The van der Waals surface area contributed by atoms with Gasteiger partial charge >= 0.3 is 40.8 Å². The number of hydrogen-bond donors (Lipinski definition) is 0. The van der Waals surface area contributed by atoms with Gasteiger partial charge in [0.05, 0.1) is 25.6 Å². The zero-order chi connectivity index (χ0) is 19.1. The van der Waals surface area contributed by atoms with E-state index in [9.17, 15) is 0 Å². The van der Waals surface area contributed by atoms with Crippen LogP contribution in [0.3, 0.4) is 0 Å². The number of methoxy groups -OCH3 is 2. The molecule has 2 aliphatic carbocycles. The fraction of sp³-hybridized carbons (Fsp3) is 0.190. The molecule has 0 aromatic carbocycles. The molecule has 5 rings (SSSR count). The second-order valence-corrected chi connectivity index (χ2v) is 6.46. The summed E-state index contributed by atoms with van der Waals surface area (Å²) in [4.78, 5) is 23.3. The van der Waals surface area contributed by atoms with Crippen molar-refractivity contribution in [1.82, 2.24) is 4.98 Å². The molecule has 1 aromatic heterocycles. The SMILES string of the molecule is COC1=CC=CC2=NC(c3cccc(C4=NC5C(OC)=CC=CC5=N4)n3)=NC12.[Cl-].[Cl-].[Cl-].[Nd+3]. The Kier molecular flexibility index (Phi) is 10.9. The Morgan fingerprint density at radius 1 is 0.719 bits per heavy atom. The van der Waals surface area contributed by atoms with E-state index in [4.69, 9.17) is 14.5 Å². The number of halogens is 3. The van der Waals surface area contributed by atoms with Crippen LogP contribution in [0.1, 0.15) is 11.4 Å².